The minimum absolute atomic E-state index is 0.00327. The van der Waals surface area contributed by atoms with E-state index in [9.17, 15) is 22.8 Å². The van der Waals surface area contributed by atoms with Crippen LogP contribution in [0.15, 0.2) is 72.8 Å². The smallest absolute Gasteiger partial charge is 0.416 e. The van der Waals surface area contributed by atoms with Crippen molar-refractivity contribution in [3.8, 4) is 11.1 Å². The van der Waals surface area contributed by atoms with Gasteiger partial charge in [0, 0.05) is 30.0 Å². The summed E-state index contributed by atoms with van der Waals surface area (Å²) in [6, 6.07) is 18.9. The molecule has 6 nitrogen and oxygen atoms in total. The number of hydrogen-bond acceptors (Lipinski definition) is 4. The average Bonchev–Trinajstić information content (AvgIpc) is 3.32. The molecular weight excluding hydrogens is 459 g/mol. The van der Waals surface area contributed by atoms with Gasteiger partial charge in [-0.2, -0.15) is 13.2 Å². The number of alkyl halides is 3. The summed E-state index contributed by atoms with van der Waals surface area (Å²) in [5.41, 5.74) is 2.22. The molecule has 0 spiro atoms. The first kappa shape index (κ1) is 24.1. The summed E-state index contributed by atoms with van der Waals surface area (Å²) in [6.07, 6.45) is -4.07. The molecule has 182 valence electrons. The van der Waals surface area contributed by atoms with Crippen molar-refractivity contribution in [1.29, 1.82) is 0 Å². The quantitative estimate of drug-likeness (QED) is 0.499. The first-order valence-corrected chi connectivity index (χ1v) is 11.0. The second-order valence-electron chi connectivity index (χ2n) is 8.19. The van der Waals surface area contributed by atoms with Gasteiger partial charge in [0.15, 0.2) is 0 Å². The molecule has 9 heteroatoms. The second-order valence-corrected chi connectivity index (χ2v) is 8.19. The van der Waals surface area contributed by atoms with E-state index in [1.165, 1.54) is 19.2 Å². The highest BCUT2D eigenvalue weighted by atomic mass is 19.4. The highest BCUT2D eigenvalue weighted by Crippen LogP contribution is 2.32. The molecule has 4 rings (SSSR count). The van der Waals surface area contributed by atoms with E-state index >= 15 is 0 Å². The summed E-state index contributed by atoms with van der Waals surface area (Å²) in [4.78, 5) is 26.5. The second kappa shape index (κ2) is 10.1. The van der Waals surface area contributed by atoms with E-state index in [2.05, 4.69) is 20.3 Å². The first-order valence-electron chi connectivity index (χ1n) is 11.0. The molecule has 1 unspecified atom stereocenters. The van der Waals surface area contributed by atoms with Gasteiger partial charge in [-0.1, -0.05) is 30.3 Å². The van der Waals surface area contributed by atoms with Crippen LogP contribution in [0.2, 0.25) is 0 Å². The van der Waals surface area contributed by atoms with E-state index in [0.29, 0.717) is 28.9 Å². The Kier molecular flexibility index (Phi) is 6.95. The minimum Gasteiger partial charge on any atom is -0.453 e. The van der Waals surface area contributed by atoms with Crippen molar-refractivity contribution < 1.29 is 27.5 Å². The van der Waals surface area contributed by atoms with Crippen LogP contribution in [0, 0.1) is 0 Å². The fraction of sp³-hybridized carbons (Fsp3) is 0.231. The van der Waals surface area contributed by atoms with Gasteiger partial charge in [-0.3, -0.25) is 4.79 Å². The fourth-order valence-electron chi connectivity index (χ4n) is 4.06. The van der Waals surface area contributed by atoms with Crippen molar-refractivity contribution in [1.82, 2.24) is 5.32 Å². The first-order chi connectivity index (χ1) is 16.7. The molecule has 1 aliphatic rings. The Balaban J connectivity index is 1.44. The number of carbonyl (C=O) groups excluding carboxylic acids is 2. The Labute approximate surface area is 200 Å². The topological polar surface area (TPSA) is 70.7 Å². The average molecular weight is 483 g/mol. The van der Waals surface area contributed by atoms with Crippen molar-refractivity contribution in [3.63, 3.8) is 0 Å². The molecule has 0 saturated carbocycles. The lowest BCUT2D eigenvalue weighted by atomic mass is 9.98. The number of anilines is 2. The number of rotatable bonds is 5. The molecule has 1 atom stereocenters. The molecule has 0 aromatic heterocycles. The minimum atomic E-state index is -4.42. The number of alkyl carbamates (subject to hydrolysis) is 1. The van der Waals surface area contributed by atoms with Crippen LogP contribution in [0.1, 0.15) is 22.3 Å². The fourth-order valence-corrected chi connectivity index (χ4v) is 4.06. The number of nitrogens with zero attached hydrogens (tertiary/aromatic N) is 1. The van der Waals surface area contributed by atoms with Crippen LogP contribution in [0.3, 0.4) is 0 Å². The van der Waals surface area contributed by atoms with E-state index in [-0.39, 0.29) is 11.9 Å². The van der Waals surface area contributed by atoms with Gasteiger partial charge in [0.2, 0.25) is 0 Å². The number of halogens is 3. The molecule has 2 amide bonds. The Morgan fingerprint density at radius 2 is 1.66 bits per heavy atom. The Morgan fingerprint density at radius 3 is 2.31 bits per heavy atom. The predicted molar refractivity (Wildman–Crippen MR) is 127 cm³/mol. The maximum Gasteiger partial charge on any atom is 0.416 e. The number of amides is 2. The highest BCUT2D eigenvalue weighted by molar-refractivity contribution is 6.08. The van der Waals surface area contributed by atoms with E-state index in [1.807, 2.05) is 12.1 Å². The van der Waals surface area contributed by atoms with Gasteiger partial charge in [-0.05, 0) is 60.0 Å². The summed E-state index contributed by atoms with van der Waals surface area (Å²) in [5, 5.41) is 5.65. The van der Waals surface area contributed by atoms with Crippen molar-refractivity contribution in [2.24, 2.45) is 0 Å². The van der Waals surface area contributed by atoms with Gasteiger partial charge in [0.05, 0.1) is 18.7 Å². The number of hydrogen-bond donors (Lipinski definition) is 2. The third-order valence-corrected chi connectivity index (χ3v) is 5.88. The third-order valence-electron chi connectivity index (χ3n) is 5.88. The van der Waals surface area contributed by atoms with Crippen LogP contribution >= 0.6 is 0 Å². The SMILES string of the molecule is COC(=O)NC1CCN(c2ccc(NC(=O)c3ccccc3-c3ccc(C(F)(F)F)cc3)cc2)C1. The zero-order valence-corrected chi connectivity index (χ0v) is 18.9. The molecule has 1 saturated heterocycles. The van der Waals surface area contributed by atoms with E-state index < -0.39 is 17.8 Å². The van der Waals surface area contributed by atoms with Crippen molar-refractivity contribution in [3.05, 3.63) is 83.9 Å². The zero-order chi connectivity index (χ0) is 25.0. The molecule has 0 bridgehead atoms. The predicted octanol–water partition coefficient (Wildman–Crippen LogP) is 5.56. The number of methoxy groups -OCH3 is 1. The lowest BCUT2D eigenvalue weighted by Gasteiger charge is -2.19. The molecule has 35 heavy (non-hydrogen) atoms. The maximum absolute atomic E-state index is 13.0. The van der Waals surface area contributed by atoms with E-state index in [4.69, 9.17) is 0 Å². The molecule has 1 aliphatic heterocycles. The number of nitrogens with one attached hydrogen (secondary N) is 2. The lowest BCUT2D eigenvalue weighted by Crippen LogP contribution is -2.36. The largest absolute Gasteiger partial charge is 0.453 e. The van der Waals surface area contributed by atoms with Crippen molar-refractivity contribution in [2.45, 2.75) is 18.6 Å². The standard InChI is InChI=1S/C26H24F3N3O3/c1-35-25(34)31-20-14-15-32(16-20)21-12-10-19(11-13-21)30-24(33)23-5-3-2-4-22(23)17-6-8-18(9-7-17)26(27,28)29/h2-13,20H,14-16H2,1H3,(H,30,33)(H,31,34). The van der Waals surface area contributed by atoms with Crippen molar-refractivity contribution >= 4 is 23.4 Å². The van der Waals surface area contributed by atoms with E-state index in [0.717, 1.165) is 30.8 Å². The highest BCUT2D eigenvalue weighted by Gasteiger charge is 2.30. The molecule has 2 N–H and O–H groups in total. The summed E-state index contributed by atoms with van der Waals surface area (Å²) in [7, 11) is 1.33. The van der Waals surface area contributed by atoms with Gasteiger partial charge < -0.3 is 20.3 Å². The maximum atomic E-state index is 13.0. The third kappa shape index (κ3) is 5.74. The molecular formula is C26H24F3N3O3. The number of ether oxygens (including phenoxy) is 1. The van der Waals surface area contributed by atoms with Crippen LogP contribution in [0.25, 0.3) is 11.1 Å². The monoisotopic (exact) mass is 483 g/mol. The van der Waals surface area contributed by atoms with Gasteiger partial charge in [0.25, 0.3) is 5.91 Å². The number of carbonyl (C=O) groups is 2. The molecule has 1 fully saturated rings. The summed E-state index contributed by atoms with van der Waals surface area (Å²) in [5.74, 6) is -0.364. The molecule has 0 aliphatic carbocycles. The number of benzene rings is 3. The molecule has 3 aromatic rings. The zero-order valence-electron chi connectivity index (χ0n) is 18.9. The van der Waals surface area contributed by atoms with Gasteiger partial charge >= 0.3 is 12.3 Å². The molecule has 0 radical (unpaired) electrons. The van der Waals surface area contributed by atoms with Gasteiger partial charge in [-0.25, -0.2) is 4.79 Å². The lowest BCUT2D eigenvalue weighted by molar-refractivity contribution is -0.137. The Morgan fingerprint density at radius 1 is 0.971 bits per heavy atom. The van der Waals surface area contributed by atoms with E-state index in [1.54, 1.807) is 36.4 Å². The van der Waals surface area contributed by atoms with Crippen LogP contribution < -0.4 is 15.5 Å². The van der Waals surface area contributed by atoms with Crippen molar-refractivity contribution in [2.75, 3.05) is 30.4 Å². The Hall–Kier alpha value is -4.01. The van der Waals surface area contributed by atoms with Crippen LogP contribution in [0.4, 0.5) is 29.3 Å². The Bertz CT molecular complexity index is 1190. The van der Waals surface area contributed by atoms with Crippen LogP contribution in [-0.4, -0.2) is 38.2 Å². The normalized spacial score (nSPS) is 15.5. The summed E-state index contributed by atoms with van der Waals surface area (Å²) >= 11 is 0. The summed E-state index contributed by atoms with van der Waals surface area (Å²) in [6.45, 7) is 1.43. The van der Waals surface area contributed by atoms with Crippen LogP contribution in [-0.2, 0) is 10.9 Å². The summed E-state index contributed by atoms with van der Waals surface area (Å²) < 4.78 is 43.3. The van der Waals surface area contributed by atoms with Gasteiger partial charge in [-0.15, -0.1) is 0 Å². The molecule has 1 heterocycles. The van der Waals surface area contributed by atoms with Gasteiger partial charge in [0.1, 0.15) is 0 Å². The van der Waals surface area contributed by atoms with Crippen LogP contribution in [0.5, 0.6) is 0 Å². The molecule has 3 aromatic carbocycles.